The highest BCUT2D eigenvalue weighted by molar-refractivity contribution is 5.98. The number of nitrogens with zero attached hydrogens (tertiary/aromatic N) is 3. The Morgan fingerprint density at radius 3 is 1.79 bits per heavy atom. The molecule has 6 bridgehead atoms. The minimum absolute atomic E-state index is 0.00641. The van der Waals surface area contributed by atoms with Gasteiger partial charge in [0.2, 0.25) is 35.4 Å². The first-order valence-electron chi connectivity index (χ1n) is 18.4. The Labute approximate surface area is 326 Å². The smallest absolute Gasteiger partial charge is 0.246 e. The molecule has 3 aromatic rings. The van der Waals surface area contributed by atoms with E-state index in [9.17, 15) is 28.8 Å². The van der Waals surface area contributed by atoms with E-state index in [2.05, 4.69) is 16.0 Å². The highest BCUT2D eigenvalue weighted by atomic mass is 16.5. The second kappa shape index (κ2) is 17.6. The maximum absolute atomic E-state index is 14.7. The fourth-order valence-corrected chi connectivity index (χ4v) is 6.83. The molecule has 15 nitrogen and oxygen atoms in total. The summed E-state index contributed by atoms with van der Waals surface area (Å²) >= 11 is 0. The van der Waals surface area contributed by atoms with E-state index in [0.29, 0.717) is 39.7 Å². The highest BCUT2D eigenvalue weighted by Crippen LogP contribution is 2.34. The van der Waals surface area contributed by atoms with Gasteiger partial charge in [0.25, 0.3) is 0 Å². The van der Waals surface area contributed by atoms with Crippen molar-refractivity contribution in [3.05, 3.63) is 83.4 Å². The molecule has 3 aromatic carbocycles. The second-order valence-corrected chi connectivity index (χ2v) is 14.3. The number of carbonyl (C=O) groups excluding carboxylic acids is 6. The molecular weight excluding hydrogens is 720 g/mol. The molecule has 0 aromatic heterocycles. The van der Waals surface area contributed by atoms with Gasteiger partial charge in [-0.15, -0.1) is 0 Å². The number of hydrogen-bond acceptors (Lipinski definition) is 9. The van der Waals surface area contributed by atoms with Crippen molar-refractivity contribution in [1.29, 1.82) is 0 Å². The number of ether oxygens (including phenoxy) is 3. The molecule has 3 heterocycles. The number of amides is 6. The molecule has 3 aliphatic heterocycles. The third-order valence-corrected chi connectivity index (χ3v) is 10.4. The summed E-state index contributed by atoms with van der Waals surface area (Å²) in [4.78, 5) is 88.2. The lowest BCUT2D eigenvalue weighted by Crippen LogP contribution is -2.61. The zero-order chi connectivity index (χ0) is 40.8. The van der Waals surface area contributed by atoms with Gasteiger partial charge in [-0.3, -0.25) is 28.8 Å². The van der Waals surface area contributed by atoms with E-state index in [1.807, 2.05) is 0 Å². The molecule has 3 N–H and O–H groups in total. The quantitative estimate of drug-likeness (QED) is 0.358. The Bertz CT molecular complexity index is 1950. The molecule has 56 heavy (non-hydrogen) atoms. The van der Waals surface area contributed by atoms with E-state index in [-0.39, 0.29) is 19.3 Å². The summed E-state index contributed by atoms with van der Waals surface area (Å²) in [5, 5.41) is 8.14. The molecule has 1 fully saturated rings. The van der Waals surface area contributed by atoms with Gasteiger partial charge in [-0.1, -0.05) is 30.3 Å². The van der Waals surface area contributed by atoms with Crippen molar-refractivity contribution in [3.8, 4) is 23.0 Å². The summed E-state index contributed by atoms with van der Waals surface area (Å²) in [6, 6.07) is 12.5. The van der Waals surface area contributed by atoms with Crippen LogP contribution in [0.15, 0.2) is 66.7 Å². The number of nitrogens with one attached hydrogen (secondary N) is 3. The molecule has 0 aliphatic carbocycles. The summed E-state index contributed by atoms with van der Waals surface area (Å²) in [6.07, 6.45) is 0.139. The van der Waals surface area contributed by atoms with Crippen LogP contribution in [0.1, 0.15) is 37.5 Å². The van der Waals surface area contributed by atoms with Gasteiger partial charge in [0.05, 0.1) is 14.2 Å². The van der Waals surface area contributed by atoms with Crippen molar-refractivity contribution in [3.63, 3.8) is 0 Å². The minimum atomic E-state index is -1.16. The molecule has 6 amide bonds. The summed E-state index contributed by atoms with van der Waals surface area (Å²) in [5.74, 6) is -1.63. The molecule has 0 radical (unpaired) electrons. The first-order chi connectivity index (χ1) is 26.6. The lowest BCUT2D eigenvalue weighted by Gasteiger charge is -2.36. The van der Waals surface area contributed by atoms with E-state index in [4.69, 9.17) is 14.2 Å². The van der Waals surface area contributed by atoms with Crippen LogP contribution in [0.2, 0.25) is 0 Å². The van der Waals surface area contributed by atoms with Crippen LogP contribution in [0.25, 0.3) is 0 Å². The number of hydrogen-bond donors (Lipinski definition) is 3. The van der Waals surface area contributed by atoms with Crippen LogP contribution in [0.4, 0.5) is 0 Å². The third kappa shape index (κ3) is 9.21. The Balaban J connectivity index is 1.57. The molecule has 3 aliphatic rings. The minimum Gasteiger partial charge on any atom is -0.497 e. The van der Waals surface area contributed by atoms with Crippen LogP contribution in [-0.2, 0) is 48.0 Å². The zero-order valence-electron chi connectivity index (χ0n) is 33.0. The van der Waals surface area contributed by atoms with Gasteiger partial charge >= 0.3 is 0 Å². The van der Waals surface area contributed by atoms with E-state index < -0.39 is 71.7 Å². The van der Waals surface area contributed by atoms with E-state index in [1.54, 1.807) is 66.7 Å². The normalized spacial score (nSPS) is 24.3. The molecule has 6 rings (SSSR count). The fourth-order valence-electron chi connectivity index (χ4n) is 6.83. The average Bonchev–Trinajstić information content (AvgIpc) is 3.19. The van der Waals surface area contributed by atoms with Gasteiger partial charge < -0.3 is 44.9 Å². The van der Waals surface area contributed by atoms with Crippen LogP contribution < -0.4 is 30.2 Å². The van der Waals surface area contributed by atoms with E-state index in [0.717, 1.165) is 0 Å². The van der Waals surface area contributed by atoms with Crippen LogP contribution in [-0.4, -0.2) is 122 Å². The van der Waals surface area contributed by atoms with Crippen molar-refractivity contribution in [2.24, 2.45) is 0 Å². The van der Waals surface area contributed by atoms with Crippen molar-refractivity contribution in [2.45, 2.75) is 76.3 Å². The molecule has 0 unspecified atom stereocenters. The Morgan fingerprint density at radius 1 is 0.607 bits per heavy atom. The molecule has 0 saturated carbocycles. The van der Waals surface area contributed by atoms with E-state index in [1.165, 1.54) is 70.8 Å². The average molecular weight is 771 g/mol. The highest BCUT2D eigenvalue weighted by Gasteiger charge is 2.39. The number of fused-ring (bicyclic) bond motifs is 2. The van der Waals surface area contributed by atoms with Crippen LogP contribution >= 0.6 is 0 Å². The van der Waals surface area contributed by atoms with Gasteiger partial charge in [-0.05, 0) is 73.9 Å². The van der Waals surface area contributed by atoms with Crippen LogP contribution in [0.5, 0.6) is 23.0 Å². The largest absolute Gasteiger partial charge is 0.497 e. The molecular formula is C41H50N6O9. The van der Waals surface area contributed by atoms with Crippen molar-refractivity contribution >= 4 is 35.4 Å². The van der Waals surface area contributed by atoms with Crippen molar-refractivity contribution < 1.29 is 43.0 Å². The second-order valence-electron chi connectivity index (χ2n) is 14.3. The molecule has 298 valence electrons. The van der Waals surface area contributed by atoms with Crippen LogP contribution in [0.3, 0.4) is 0 Å². The molecule has 0 spiro atoms. The predicted molar refractivity (Wildman–Crippen MR) is 206 cm³/mol. The summed E-state index contributed by atoms with van der Waals surface area (Å²) in [7, 11) is 7.45. The number of methoxy groups -OCH3 is 2. The lowest BCUT2D eigenvalue weighted by atomic mass is 9.98. The van der Waals surface area contributed by atoms with E-state index >= 15 is 0 Å². The maximum Gasteiger partial charge on any atom is 0.246 e. The maximum atomic E-state index is 14.7. The Kier molecular flexibility index (Phi) is 12.9. The lowest BCUT2D eigenvalue weighted by molar-refractivity contribution is -0.149. The zero-order valence-corrected chi connectivity index (χ0v) is 33.0. The number of likely N-dealkylation sites (N-methyl/N-ethyl adjacent to an activating group) is 3. The number of rotatable bonds is 4. The van der Waals surface area contributed by atoms with Crippen molar-refractivity contribution in [2.75, 3.05) is 35.4 Å². The van der Waals surface area contributed by atoms with Crippen LogP contribution in [0, 0.1) is 0 Å². The SMILES string of the molecule is COc1ccc(C[C@H]2C(=O)N[C@@H](C)C(=O)N(C)[C@H]3Cc4ccc(cc4)Oc4cc(ccc4OC)C[C@@H](C(=O)N[C@@H](C)C(=O)N[C@@H](C)C(=O)N2C)N(C)C3=O)cc1. The fraction of sp³-hybridized carbons (Fsp3) is 0.415. The van der Waals surface area contributed by atoms with Gasteiger partial charge in [-0.2, -0.15) is 0 Å². The summed E-state index contributed by atoms with van der Waals surface area (Å²) in [5.41, 5.74) is 2.03. The summed E-state index contributed by atoms with van der Waals surface area (Å²) < 4.78 is 17.0. The summed E-state index contributed by atoms with van der Waals surface area (Å²) in [6.45, 7) is 4.46. The number of benzene rings is 3. The molecule has 6 atom stereocenters. The van der Waals surface area contributed by atoms with Gasteiger partial charge in [0.15, 0.2) is 11.5 Å². The Morgan fingerprint density at radius 2 is 1.16 bits per heavy atom. The topological polar surface area (TPSA) is 176 Å². The third-order valence-electron chi connectivity index (χ3n) is 10.4. The van der Waals surface area contributed by atoms with Gasteiger partial charge in [-0.25, -0.2) is 0 Å². The first-order valence-corrected chi connectivity index (χ1v) is 18.4. The van der Waals surface area contributed by atoms with Gasteiger partial charge in [0, 0.05) is 40.4 Å². The van der Waals surface area contributed by atoms with Gasteiger partial charge in [0.1, 0.15) is 47.8 Å². The number of carbonyl (C=O) groups is 6. The first kappa shape index (κ1) is 41.1. The predicted octanol–water partition coefficient (Wildman–Crippen LogP) is 1.85. The standard InChI is InChI=1S/C41H50N6O9/c1-23-36(48)43-24(2)39(51)45(4)31(19-26-9-14-29(54-7)15-10-26)38(50)44-25(3)40(52)47(6)33-20-27-11-16-30(17-12-27)56-35-22-28(13-18-34(35)55-8)21-32(37(49)42-23)46(5)41(33)53/h9-18,22-25,31-33H,19-21H2,1-8H3,(H,42,49)(H,43,48)(H,44,50)/t23-,24-,25-,31-,32-,33-/m0/s1. The van der Waals surface area contributed by atoms with Crippen molar-refractivity contribution in [1.82, 2.24) is 30.7 Å². The molecule has 15 heteroatoms. The molecule has 1 saturated heterocycles. The monoisotopic (exact) mass is 770 g/mol. The Hall–Kier alpha value is -6.12.